The highest BCUT2D eigenvalue weighted by Gasteiger charge is 2.16. The normalized spacial score (nSPS) is 11.1. The van der Waals surface area contributed by atoms with E-state index < -0.39 is 5.91 Å². The van der Waals surface area contributed by atoms with Crippen molar-refractivity contribution in [2.75, 3.05) is 19.6 Å². The quantitative estimate of drug-likeness (QED) is 0.728. The predicted molar refractivity (Wildman–Crippen MR) is 83.2 cm³/mol. The zero-order chi connectivity index (χ0) is 15.2. The van der Waals surface area contributed by atoms with Gasteiger partial charge in [0.05, 0.1) is 13.1 Å². The number of primary amides is 1. The van der Waals surface area contributed by atoms with Gasteiger partial charge in [0.25, 0.3) is 0 Å². The van der Waals surface area contributed by atoms with Gasteiger partial charge in [0.1, 0.15) is 0 Å². The van der Waals surface area contributed by atoms with E-state index in [1.807, 2.05) is 29.2 Å². The number of carbonyl (C=O) groups excluding carboxylic acids is 2. The van der Waals surface area contributed by atoms with E-state index in [2.05, 4.69) is 11.9 Å². The Morgan fingerprint density at radius 2 is 2.00 bits per heavy atom. The van der Waals surface area contributed by atoms with Crippen LogP contribution in [0, 0.1) is 0 Å². The van der Waals surface area contributed by atoms with E-state index in [4.69, 9.17) is 5.73 Å². The third-order valence-electron chi connectivity index (χ3n) is 3.46. The molecule has 0 saturated carbocycles. The molecule has 0 unspecified atom stereocenters. The number of fused-ring (bicyclic) bond motifs is 1. The van der Waals surface area contributed by atoms with Crippen molar-refractivity contribution >= 4 is 22.6 Å². The molecule has 0 aliphatic carbocycles. The van der Waals surface area contributed by atoms with Crippen LogP contribution in [0.2, 0.25) is 0 Å². The summed E-state index contributed by atoms with van der Waals surface area (Å²) in [7, 11) is 0. The summed E-state index contributed by atoms with van der Waals surface area (Å²) in [5, 5.41) is 0.914. The number of para-hydroxylation sites is 1. The number of nitrogens with two attached hydrogens (primary N) is 1. The standard InChI is InChI=1S/C16H21N3O2/c1-2-3-8-19(11-16(17)21)10-15(20)13-9-18-14-7-5-4-6-12(13)14/h4-7,9,18H,2-3,8,10-11H2,1H3,(H2,17,21). The maximum absolute atomic E-state index is 12.5. The fraction of sp³-hybridized carbons (Fsp3) is 0.375. The van der Waals surface area contributed by atoms with E-state index in [-0.39, 0.29) is 18.9 Å². The van der Waals surface area contributed by atoms with Gasteiger partial charge >= 0.3 is 0 Å². The summed E-state index contributed by atoms with van der Waals surface area (Å²) in [5.41, 5.74) is 6.86. The molecular weight excluding hydrogens is 266 g/mol. The second-order valence-corrected chi connectivity index (χ2v) is 5.20. The van der Waals surface area contributed by atoms with Gasteiger partial charge in [-0.3, -0.25) is 14.5 Å². The highest BCUT2D eigenvalue weighted by atomic mass is 16.1. The summed E-state index contributed by atoms with van der Waals surface area (Å²) in [6.07, 6.45) is 3.68. The number of rotatable bonds is 8. The average Bonchev–Trinajstić information content (AvgIpc) is 2.88. The van der Waals surface area contributed by atoms with Gasteiger partial charge in [-0.1, -0.05) is 31.5 Å². The number of nitrogens with one attached hydrogen (secondary N) is 1. The summed E-state index contributed by atoms with van der Waals surface area (Å²) in [6.45, 7) is 3.11. The van der Waals surface area contributed by atoms with Gasteiger partial charge in [-0.2, -0.15) is 0 Å². The smallest absolute Gasteiger partial charge is 0.231 e. The van der Waals surface area contributed by atoms with Crippen LogP contribution >= 0.6 is 0 Å². The lowest BCUT2D eigenvalue weighted by Crippen LogP contribution is -2.38. The molecule has 2 rings (SSSR count). The Bertz CT molecular complexity index is 633. The molecule has 21 heavy (non-hydrogen) atoms. The molecule has 5 heteroatoms. The molecule has 1 aromatic heterocycles. The molecule has 0 fully saturated rings. The first-order chi connectivity index (χ1) is 10.1. The minimum absolute atomic E-state index is 0.00445. The van der Waals surface area contributed by atoms with Crippen molar-refractivity contribution in [3.8, 4) is 0 Å². The van der Waals surface area contributed by atoms with Crippen LogP contribution in [0.4, 0.5) is 0 Å². The number of hydrogen-bond acceptors (Lipinski definition) is 3. The summed E-state index contributed by atoms with van der Waals surface area (Å²) in [6, 6.07) is 7.69. The molecule has 1 heterocycles. The maximum atomic E-state index is 12.5. The summed E-state index contributed by atoms with van der Waals surface area (Å²) in [5.74, 6) is -0.400. The van der Waals surface area contributed by atoms with E-state index in [0.717, 1.165) is 23.7 Å². The molecule has 0 atom stereocenters. The first kappa shape index (κ1) is 15.3. The van der Waals surface area contributed by atoms with Crippen molar-refractivity contribution in [3.63, 3.8) is 0 Å². The van der Waals surface area contributed by atoms with Crippen LogP contribution in [0.1, 0.15) is 30.1 Å². The van der Waals surface area contributed by atoms with E-state index in [1.54, 1.807) is 6.20 Å². The second-order valence-electron chi connectivity index (χ2n) is 5.20. The first-order valence-corrected chi connectivity index (χ1v) is 7.21. The first-order valence-electron chi connectivity index (χ1n) is 7.21. The summed E-state index contributed by atoms with van der Waals surface area (Å²) in [4.78, 5) is 28.5. The third kappa shape index (κ3) is 3.92. The lowest BCUT2D eigenvalue weighted by Gasteiger charge is -2.19. The van der Waals surface area contributed by atoms with Crippen molar-refractivity contribution in [1.29, 1.82) is 0 Å². The average molecular weight is 287 g/mol. The van der Waals surface area contributed by atoms with Crippen molar-refractivity contribution in [2.45, 2.75) is 19.8 Å². The zero-order valence-corrected chi connectivity index (χ0v) is 12.3. The minimum Gasteiger partial charge on any atom is -0.369 e. The number of amides is 1. The van der Waals surface area contributed by atoms with Gasteiger partial charge in [-0.25, -0.2) is 0 Å². The van der Waals surface area contributed by atoms with Crippen LogP contribution in [-0.2, 0) is 4.79 Å². The Kier molecular flexibility index (Phi) is 5.11. The van der Waals surface area contributed by atoms with E-state index in [1.165, 1.54) is 0 Å². The van der Waals surface area contributed by atoms with Crippen LogP contribution in [-0.4, -0.2) is 41.2 Å². The Balaban J connectivity index is 2.12. The molecule has 3 N–H and O–H groups in total. The molecule has 0 aliphatic heterocycles. The Hall–Kier alpha value is -2.14. The SMILES string of the molecule is CCCCN(CC(N)=O)CC(=O)c1c[nH]c2ccccc12. The molecule has 1 aromatic carbocycles. The molecule has 0 spiro atoms. The molecule has 1 amide bonds. The molecule has 112 valence electrons. The van der Waals surface area contributed by atoms with Crippen LogP contribution in [0.25, 0.3) is 10.9 Å². The summed E-state index contributed by atoms with van der Waals surface area (Å²) >= 11 is 0. The molecule has 0 bridgehead atoms. The van der Waals surface area contributed by atoms with Gasteiger partial charge in [-0.15, -0.1) is 0 Å². The Morgan fingerprint density at radius 1 is 1.24 bits per heavy atom. The number of hydrogen-bond donors (Lipinski definition) is 2. The third-order valence-corrected chi connectivity index (χ3v) is 3.46. The number of nitrogens with zero attached hydrogens (tertiary/aromatic N) is 1. The van der Waals surface area contributed by atoms with Gasteiger partial charge in [-0.05, 0) is 19.0 Å². The van der Waals surface area contributed by atoms with E-state index in [9.17, 15) is 9.59 Å². The number of aromatic nitrogens is 1. The molecule has 5 nitrogen and oxygen atoms in total. The van der Waals surface area contributed by atoms with E-state index >= 15 is 0 Å². The molecule has 0 radical (unpaired) electrons. The topological polar surface area (TPSA) is 79.2 Å². The fourth-order valence-electron chi connectivity index (χ4n) is 2.41. The fourth-order valence-corrected chi connectivity index (χ4v) is 2.41. The number of ketones is 1. The number of Topliss-reactive ketones (excluding diaryl/α,β-unsaturated/α-hetero) is 1. The van der Waals surface area contributed by atoms with Gasteiger partial charge < -0.3 is 10.7 Å². The van der Waals surface area contributed by atoms with Crippen LogP contribution in [0.3, 0.4) is 0 Å². The maximum Gasteiger partial charge on any atom is 0.231 e. The largest absolute Gasteiger partial charge is 0.369 e. The minimum atomic E-state index is -0.405. The zero-order valence-electron chi connectivity index (χ0n) is 12.3. The molecule has 2 aromatic rings. The van der Waals surface area contributed by atoms with Crippen molar-refractivity contribution < 1.29 is 9.59 Å². The van der Waals surface area contributed by atoms with Crippen LogP contribution < -0.4 is 5.73 Å². The van der Waals surface area contributed by atoms with Crippen molar-refractivity contribution in [3.05, 3.63) is 36.0 Å². The predicted octanol–water partition coefficient (Wildman–Crippen LogP) is 1.94. The van der Waals surface area contributed by atoms with Gasteiger partial charge in [0.2, 0.25) is 5.91 Å². The number of unbranched alkanes of at least 4 members (excludes halogenated alkanes) is 1. The highest BCUT2D eigenvalue weighted by Crippen LogP contribution is 2.18. The van der Waals surface area contributed by atoms with Crippen molar-refractivity contribution in [1.82, 2.24) is 9.88 Å². The van der Waals surface area contributed by atoms with Crippen LogP contribution in [0.5, 0.6) is 0 Å². The number of benzene rings is 1. The number of carbonyl (C=O) groups is 2. The summed E-state index contributed by atoms with van der Waals surface area (Å²) < 4.78 is 0. The van der Waals surface area contributed by atoms with E-state index in [0.29, 0.717) is 12.1 Å². The molecule has 0 saturated heterocycles. The molecule has 0 aliphatic rings. The van der Waals surface area contributed by atoms with Crippen LogP contribution in [0.15, 0.2) is 30.5 Å². The highest BCUT2D eigenvalue weighted by molar-refractivity contribution is 6.08. The number of aromatic amines is 1. The van der Waals surface area contributed by atoms with Crippen molar-refractivity contribution in [2.24, 2.45) is 5.73 Å². The molecular formula is C16H21N3O2. The lowest BCUT2D eigenvalue weighted by molar-refractivity contribution is -0.119. The number of H-pyrrole nitrogens is 1. The Labute approximate surface area is 124 Å². The monoisotopic (exact) mass is 287 g/mol. The Morgan fingerprint density at radius 3 is 2.71 bits per heavy atom. The van der Waals surface area contributed by atoms with Gasteiger partial charge in [0, 0.05) is 22.7 Å². The van der Waals surface area contributed by atoms with Gasteiger partial charge in [0.15, 0.2) is 5.78 Å². The lowest BCUT2D eigenvalue weighted by atomic mass is 10.1. The second kappa shape index (κ2) is 7.04.